The van der Waals surface area contributed by atoms with E-state index in [1.54, 1.807) is 18.5 Å². The van der Waals surface area contributed by atoms with Crippen LogP contribution in [0.4, 0.5) is 0 Å². The summed E-state index contributed by atoms with van der Waals surface area (Å²) < 4.78 is 9.83. The summed E-state index contributed by atoms with van der Waals surface area (Å²) in [5.41, 5.74) is 1.43. The fourth-order valence-corrected chi connectivity index (χ4v) is 2.34. The molecule has 2 aromatic rings. The Morgan fingerprint density at radius 3 is 2.68 bits per heavy atom. The molecule has 0 amide bonds. The molecule has 7 nitrogen and oxygen atoms in total. The van der Waals surface area contributed by atoms with Crippen LogP contribution in [-0.4, -0.2) is 45.9 Å². The highest BCUT2D eigenvalue weighted by Gasteiger charge is 2.08. The van der Waals surface area contributed by atoms with Crippen LogP contribution in [0.15, 0.2) is 54.5 Å². The Bertz CT molecular complexity index is 725. The molecule has 0 atom stereocenters. The van der Waals surface area contributed by atoms with Crippen molar-refractivity contribution in [1.29, 1.82) is 0 Å². The van der Waals surface area contributed by atoms with Crippen molar-refractivity contribution in [2.45, 2.75) is 11.6 Å². The first kappa shape index (κ1) is 18.6. The van der Waals surface area contributed by atoms with Crippen LogP contribution in [0, 0.1) is 0 Å². The summed E-state index contributed by atoms with van der Waals surface area (Å²) in [5.74, 6) is -0.781. The highest BCUT2D eigenvalue weighted by Crippen LogP contribution is 2.18. The van der Waals surface area contributed by atoms with Gasteiger partial charge in [0.25, 0.3) is 0 Å². The van der Waals surface area contributed by atoms with Crippen molar-refractivity contribution < 1.29 is 19.1 Å². The second-order valence-corrected chi connectivity index (χ2v) is 5.62. The van der Waals surface area contributed by atoms with E-state index in [0.717, 1.165) is 11.8 Å². The van der Waals surface area contributed by atoms with Gasteiger partial charge in [0.1, 0.15) is 0 Å². The standard InChI is InChI=1S/C17H17N3O4S/c1-2-15(21)23-10-5-11-24-16(22)12-25-17-19-9-7-14(20-17)13-6-3-4-8-18-13/h2-4,6-9H,1,5,10-12H2. The monoisotopic (exact) mass is 359 g/mol. The molecule has 0 aromatic carbocycles. The van der Waals surface area contributed by atoms with Gasteiger partial charge in [-0.2, -0.15) is 0 Å². The number of rotatable bonds is 9. The Hall–Kier alpha value is -2.74. The molecule has 0 aliphatic carbocycles. The van der Waals surface area contributed by atoms with Crippen molar-refractivity contribution in [2.24, 2.45) is 0 Å². The lowest BCUT2D eigenvalue weighted by Crippen LogP contribution is -2.11. The van der Waals surface area contributed by atoms with Crippen molar-refractivity contribution in [3.05, 3.63) is 49.3 Å². The molecule has 0 N–H and O–H groups in total. The number of esters is 2. The fourth-order valence-electron chi connectivity index (χ4n) is 1.71. The summed E-state index contributed by atoms with van der Waals surface area (Å²) in [6.07, 6.45) is 4.83. The van der Waals surface area contributed by atoms with Gasteiger partial charge in [0.05, 0.1) is 30.4 Å². The lowest BCUT2D eigenvalue weighted by Gasteiger charge is -2.05. The number of hydrogen-bond acceptors (Lipinski definition) is 8. The normalized spacial score (nSPS) is 10.1. The van der Waals surface area contributed by atoms with Crippen LogP contribution in [0.3, 0.4) is 0 Å². The molecule has 0 fully saturated rings. The number of carbonyl (C=O) groups is 2. The van der Waals surface area contributed by atoms with Crippen LogP contribution < -0.4 is 0 Å². The van der Waals surface area contributed by atoms with E-state index in [4.69, 9.17) is 9.47 Å². The van der Waals surface area contributed by atoms with Gasteiger partial charge in [0, 0.05) is 24.9 Å². The molecule has 2 rings (SSSR count). The van der Waals surface area contributed by atoms with Crippen LogP contribution in [0.2, 0.25) is 0 Å². The molecule has 0 aliphatic heterocycles. The summed E-state index contributed by atoms with van der Waals surface area (Å²) in [4.78, 5) is 35.2. The minimum atomic E-state index is -0.494. The number of nitrogens with zero attached hydrogens (tertiary/aromatic N) is 3. The maximum atomic E-state index is 11.7. The molecule has 2 aromatic heterocycles. The van der Waals surface area contributed by atoms with Crippen LogP contribution in [-0.2, 0) is 19.1 Å². The maximum absolute atomic E-state index is 11.7. The van der Waals surface area contributed by atoms with E-state index in [0.29, 0.717) is 17.3 Å². The van der Waals surface area contributed by atoms with Crippen molar-refractivity contribution in [1.82, 2.24) is 15.0 Å². The quantitative estimate of drug-likeness (QED) is 0.221. The van der Waals surface area contributed by atoms with Crippen molar-refractivity contribution in [3.63, 3.8) is 0 Å². The molecule has 0 spiro atoms. The predicted molar refractivity (Wildman–Crippen MR) is 92.7 cm³/mol. The molecule has 0 unspecified atom stereocenters. The Labute approximate surface area is 149 Å². The number of pyridine rings is 1. The van der Waals surface area contributed by atoms with Crippen molar-refractivity contribution in [3.8, 4) is 11.4 Å². The number of carbonyl (C=O) groups excluding carboxylic acids is 2. The van der Waals surface area contributed by atoms with E-state index in [2.05, 4.69) is 21.5 Å². The molecular formula is C17H17N3O4S. The van der Waals surface area contributed by atoms with E-state index in [9.17, 15) is 9.59 Å². The zero-order valence-electron chi connectivity index (χ0n) is 13.5. The molecule has 0 saturated carbocycles. The Morgan fingerprint density at radius 1 is 1.08 bits per heavy atom. The largest absolute Gasteiger partial charge is 0.465 e. The van der Waals surface area contributed by atoms with Crippen LogP contribution in [0.25, 0.3) is 11.4 Å². The molecule has 2 heterocycles. The lowest BCUT2D eigenvalue weighted by atomic mass is 10.3. The molecule has 130 valence electrons. The zero-order valence-corrected chi connectivity index (χ0v) is 14.3. The maximum Gasteiger partial charge on any atom is 0.330 e. The third-order valence-corrected chi connectivity index (χ3v) is 3.68. The van der Waals surface area contributed by atoms with Gasteiger partial charge in [-0.1, -0.05) is 24.4 Å². The second kappa shape index (κ2) is 10.2. The average molecular weight is 359 g/mol. The van der Waals surface area contributed by atoms with Crippen LogP contribution >= 0.6 is 11.8 Å². The summed E-state index contributed by atoms with van der Waals surface area (Å²) >= 11 is 1.19. The van der Waals surface area contributed by atoms with E-state index < -0.39 is 5.97 Å². The second-order valence-electron chi connectivity index (χ2n) is 4.67. The number of thioether (sulfide) groups is 1. The highest BCUT2D eigenvalue weighted by molar-refractivity contribution is 7.99. The predicted octanol–water partition coefficient (Wildman–Crippen LogP) is 2.29. The SMILES string of the molecule is C=CC(=O)OCCCOC(=O)CSc1nccc(-c2ccccn2)n1. The average Bonchev–Trinajstić information content (AvgIpc) is 2.66. The highest BCUT2D eigenvalue weighted by atomic mass is 32.2. The van der Waals surface area contributed by atoms with Gasteiger partial charge in [-0.05, 0) is 18.2 Å². The smallest absolute Gasteiger partial charge is 0.330 e. The number of aromatic nitrogens is 3. The molecular weight excluding hydrogens is 342 g/mol. The Morgan fingerprint density at radius 2 is 1.92 bits per heavy atom. The van der Waals surface area contributed by atoms with Crippen LogP contribution in [0.1, 0.15) is 6.42 Å². The van der Waals surface area contributed by atoms with Gasteiger partial charge in [-0.15, -0.1) is 0 Å². The minimum Gasteiger partial charge on any atom is -0.465 e. The van der Waals surface area contributed by atoms with Gasteiger partial charge in [0.15, 0.2) is 5.16 Å². The molecule has 8 heteroatoms. The third-order valence-electron chi connectivity index (χ3n) is 2.84. The Balaban J connectivity index is 1.73. The topological polar surface area (TPSA) is 91.3 Å². The fraction of sp³-hybridized carbons (Fsp3) is 0.235. The van der Waals surface area contributed by atoms with Gasteiger partial charge in [0.2, 0.25) is 0 Å². The first-order chi connectivity index (χ1) is 12.2. The summed E-state index contributed by atoms with van der Waals surface area (Å²) in [6, 6.07) is 7.31. The molecule has 0 aliphatic rings. The van der Waals surface area contributed by atoms with Gasteiger partial charge < -0.3 is 9.47 Å². The van der Waals surface area contributed by atoms with E-state index in [1.165, 1.54) is 11.8 Å². The third kappa shape index (κ3) is 6.72. The summed E-state index contributed by atoms with van der Waals surface area (Å²) in [6.45, 7) is 3.65. The van der Waals surface area contributed by atoms with Crippen molar-refractivity contribution in [2.75, 3.05) is 19.0 Å². The molecule has 0 radical (unpaired) electrons. The summed E-state index contributed by atoms with van der Waals surface area (Å²) in [7, 11) is 0. The zero-order chi connectivity index (χ0) is 17.9. The summed E-state index contributed by atoms with van der Waals surface area (Å²) in [5, 5.41) is 0.472. The minimum absolute atomic E-state index is 0.0954. The van der Waals surface area contributed by atoms with E-state index >= 15 is 0 Å². The van der Waals surface area contributed by atoms with Crippen LogP contribution in [0.5, 0.6) is 0 Å². The number of hydrogen-bond donors (Lipinski definition) is 0. The lowest BCUT2D eigenvalue weighted by molar-refractivity contribution is -0.141. The van der Waals surface area contributed by atoms with Gasteiger partial charge >= 0.3 is 11.9 Å². The molecule has 0 saturated heterocycles. The van der Waals surface area contributed by atoms with Crippen molar-refractivity contribution >= 4 is 23.7 Å². The first-order valence-corrected chi connectivity index (χ1v) is 8.49. The first-order valence-electron chi connectivity index (χ1n) is 7.51. The van der Waals surface area contributed by atoms with Gasteiger partial charge in [-0.3, -0.25) is 9.78 Å². The number of ether oxygens (including phenoxy) is 2. The molecule has 25 heavy (non-hydrogen) atoms. The van der Waals surface area contributed by atoms with Gasteiger partial charge in [-0.25, -0.2) is 14.8 Å². The molecule has 0 bridgehead atoms. The van der Waals surface area contributed by atoms with E-state index in [1.807, 2.05) is 18.2 Å². The Kier molecular flexibility index (Phi) is 7.58. The van der Waals surface area contributed by atoms with E-state index in [-0.39, 0.29) is 24.9 Å².